The van der Waals surface area contributed by atoms with E-state index in [4.69, 9.17) is 4.74 Å². The number of rotatable bonds is 8. The monoisotopic (exact) mass is 348 g/mol. The third-order valence-corrected chi connectivity index (χ3v) is 6.42. The van der Waals surface area contributed by atoms with Crippen LogP contribution in [-0.4, -0.2) is 24.6 Å². The van der Waals surface area contributed by atoms with Crippen LogP contribution >= 0.6 is 0 Å². The lowest BCUT2D eigenvalue weighted by Crippen LogP contribution is -2.48. The van der Waals surface area contributed by atoms with Gasteiger partial charge in [0.25, 0.3) is 0 Å². The summed E-state index contributed by atoms with van der Waals surface area (Å²) in [6.45, 7) is 13.6. The molecule has 0 radical (unpaired) electrons. The molecule has 2 fully saturated rings. The second kappa shape index (κ2) is 8.96. The van der Waals surface area contributed by atoms with E-state index in [0.717, 1.165) is 44.9 Å². The zero-order valence-corrected chi connectivity index (χ0v) is 16.2. The van der Waals surface area contributed by atoms with Gasteiger partial charge in [-0.3, -0.25) is 0 Å². The van der Waals surface area contributed by atoms with Crippen molar-refractivity contribution in [1.29, 1.82) is 0 Å². The topological polar surface area (TPSA) is 9.23 Å². The van der Waals surface area contributed by atoms with Crippen LogP contribution in [0.5, 0.6) is 0 Å². The summed E-state index contributed by atoms with van der Waals surface area (Å²) >= 11 is 0. The first-order chi connectivity index (χ1) is 10.6. The van der Waals surface area contributed by atoms with Crippen molar-refractivity contribution >= 4 is 0 Å². The normalized spacial score (nSPS) is 21.0. The maximum atomic E-state index is 13.7. The molecule has 146 valence electrons. The molecule has 3 heteroatoms. The van der Waals surface area contributed by atoms with Crippen molar-refractivity contribution in [1.82, 2.24) is 0 Å². The highest BCUT2D eigenvalue weighted by molar-refractivity contribution is 4.98. The lowest BCUT2D eigenvalue weighted by molar-refractivity contribution is -0.149. The van der Waals surface area contributed by atoms with E-state index in [1.165, 1.54) is 0 Å². The first kappa shape index (κ1) is 23.8. The van der Waals surface area contributed by atoms with E-state index in [2.05, 4.69) is 41.5 Å². The molecular weight excluding hydrogens is 306 g/mol. The number of hydrogen-bond acceptors (Lipinski definition) is 1. The van der Waals surface area contributed by atoms with E-state index in [-0.39, 0.29) is 18.3 Å². The smallest absolute Gasteiger partial charge is 0.157 e. The molecule has 0 aromatic heterocycles. The van der Waals surface area contributed by atoms with E-state index in [0.29, 0.717) is 19.6 Å². The minimum Gasteiger partial charge on any atom is -0.375 e. The molecule has 1 heterocycles. The van der Waals surface area contributed by atoms with Crippen molar-refractivity contribution in [3.63, 3.8) is 0 Å². The van der Waals surface area contributed by atoms with Gasteiger partial charge in [-0.05, 0) is 36.5 Å². The maximum absolute atomic E-state index is 13.7. The van der Waals surface area contributed by atoms with Gasteiger partial charge in [0.15, 0.2) is 5.67 Å². The lowest BCUT2D eigenvalue weighted by Gasteiger charge is -2.40. The zero-order chi connectivity index (χ0) is 17.8. The van der Waals surface area contributed by atoms with Crippen LogP contribution in [0.2, 0.25) is 0 Å². The Kier molecular flexibility index (Phi) is 8.89. The van der Waals surface area contributed by atoms with Gasteiger partial charge in [0, 0.05) is 0 Å². The highest BCUT2D eigenvalue weighted by Gasteiger charge is 2.47. The average Bonchev–Trinajstić information content (AvgIpc) is 3.22. The van der Waals surface area contributed by atoms with Gasteiger partial charge >= 0.3 is 0 Å². The third-order valence-electron chi connectivity index (χ3n) is 6.42. The van der Waals surface area contributed by atoms with Crippen molar-refractivity contribution in [2.24, 2.45) is 10.8 Å². The van der Waals surface area contributed by atoms with Crippen LogP contribution < -0.4 is 0 Å². The molecule has 1 nitrogen and oxygen atoms in total. The summed E-state index contributed by atoms with van der Waals surface area (Å²) in [5, 5.41) is 0. The molecule has 0 spiro atoms. The molecule has 0 amide bonds. The highest BCUT2D eigenvalue weighted by Crippen LogP contribution is 2.50. The van der Waals surface area contributed by atoms with E-state index in [1.807, 2.05) is 0 Å². The van der Waals surface area contributed by atoms with Crippen LogP contribution in [0.15, 0.2) is 0 Å². The van der Waals surface area contributed by atoms with E-state index in [9.17, 15) is 8.78 Å². The number of hydrogen-bond donors (Lipinski definition) is 0. The van der Waals surface area contributed by atoms with Crippen molar-refractivity contribution in [2.45, 2.75) is 112 Å². The molecular formula is C21H42F2O. The summed E-state index contributed by atoms with van der Waals surface area (Å²) in [7, 11) is 0. The molecule has 0 aromatic rings. The number of alkyl halides is 2. The molecule has 0 N–H and O–H groups in total. The Hall–Kier alpha value is -0.180. The number of halogens is 2. The van der Waals surface area contributed by atoms with E-state index < -0.39 is 11.3 Å². The summed E-state index contributed by atoms with van der Waals surface area (Å²) < 4.78 is 31.9. The van der Waals surface area contributed by atoms with Gasteiger partial charge in [0.2, 0.25) is 0 Å². The summed E-state index contributed by atoms with van der Waals surface area (Å²) in [5.41, 5.74) is -1.36. The SMILES string of the molecule is C.CCC(C)(CC)CC1(F)CC1.CCC(C)(CC)CC1(F)COC1. The molecule has 24 heavy (non-hydrogen) atoms. The molecule has 1 aliphatic heterocycles. The van der Waals surface area contributed by atoms with Crippen LogP contribution in [0.3, 0.4) is 0 Å². The second-order valence-corrected chi connectivity index (χ2v) is 8.68. The van der Waals surface area contributed by atoms with Gasteiger partial charge in [-0.2, -0.15) is 0 Å². The van der Waals surface area contributed by atoms with Gasteiger partial charge in [-0.25, -0.2) is 8.78 Å². The van der Waals surface area contributed by atoms with Crippen molar-refractivity contribution in [2.75, 3.05) is 13.2 Å². The number of ether oxygens (including phenoxy) is 1. The lowest BCUT2D eigenvalue weighted by atomic mass is 9.75. The first-order valence-electron chi connectivity index (χ1n) is 9.53. The molecule has 2 aliphatic rings. The zero-order valence-electron chi connectivity index (χ0n) is 16.2. The Labute approximate surface area is 149 Å². The summed E-state index contributed by atoms with van der Waals surface area (Å²) in [4.78, 5) is 0. The Bertz CT molecular complexity index is 351. The van der Waals surface area contributed by atoms with Gasteiger partial charge in [-0.1, -0.05) is 74.7 Å². The minimum atomic E-state index is -1.01. The first-order valence-corrected chi connectivity index (χ1v) is 9.53. The molecule has 0 unspecified atom stereocenters. The van der Waals surface area contributed by atoms with Gasteiger partial charge in [0.05, 0.1) is 13.2 Å². The fourth-order valence-electron chi connectivity index (χ4n) is 3.27. The van der Waals surface area contributed by atoms with Crippen molar-refractivity contribution in [3.05, 3.63) is 0 Å². The Morgan fingerprint density at radius 2 is 1.08 bits per heavy atom. The largest absolute Gasteiger partial charge is 0.375 e. The molecule has 2 rings (SSSR count). The summed E-state index contributed by atoms with van der Waals surface area (Å²) in [5.74, 6) is 0. The van der Waals surface area contributed by atoms with E-state index >= 15 is 0 Å². The molecule has 0 aromatic carbocycles. The van der Waals surface area contributed by atoms with Gasteiger partial charge < -0.3 is 4.74 Å². The minimum absolute atomic E-state index is 0. The maximum Gasteiger partial charge on any atom is 0.157 e. The quantitative estimate of drug-likeness (QED) is 0.448. The van der Waals surface area contributed by atoms with Crippen molar-refractivity contribution < 1.29 is 13.5 Å². The standard InChI is InChI=1S/C10H19FO.C10H19F.CH4/c1-4-9(3,5-2)6-10(11)7-12-8-10;1-4-9(3,5-2)8-10(11)6-7-10;/h4-8H2,1-3H3;4-8H2,1-3H3;1H4. The van der Waals surface area contributed by atoms with E-state index in [1.54, 1.807) is 0 Å². The fourth-order valence-corrected chi connectivity index (χ4v) is 3.27. The fraction of sp³-hybridized carbons (Fsp3) is 1.00. The third kappa shape index (κ3) is 6.98. The molecule has 1 saturated heterocycles. The summed E-state index contributed by atoms with van der Waals surface area (Å²) in [6.07, 6.45) is 7.37. The van der Waals surface area contributed by atoms with Crippen LogP contribution in [0.1, 0.15) is 100 Å². The Morgan fingerprint density at radius 1 is 0.750 bits per heavy atom. The molecule has 1 saturated carbocycles. The average molecular weight is 349 g/mol. The van der Waals surface area contributed by atoms with Gasteiger partial charge in [-0.15, -0.1) is 0 Å². The predicted molar refractivity (Wildman–Crippen MR) is 101 cm³/mol. The molecule has 1 aliphatic carbocycles. The molecule has 0 atom stereocenters. The Balaban J connectivity index is 0.000000425. The van der Waals surface area contributed by atoms with Crippen LogP contribution in [0.4, 0.5) is 8.78 Å². The van der Waals surface area contributed by atoms with Crippen molar-refractivity contribution in [3.8, 4) is 0 Å². The van der Waals surface area contributed by atoms with Crippen LogP contribution in [0.25, 0.3) is 0 Å². The van der Waals surface area contributed by atoms with Gasteiger partial charge in [0.1, 0.15) is 5.67 Å². The molecule has 0 bridgehead atoms. The second-order valence-electron chi connectivity index (χ2n) is 8.68. The highest BCUT2D eigenvalue weighted by atomic mass is 19.1. The predicted octanol–water partition coefficient (Wildman–Crippen LogP) is 7.28. The Morgan fingerprint density at radius 3 is 1.29 bits per heavy atom. The van der Waals surface area contributed by atoms with Crippen LogP contribution in [0, 0.1) is 10.8 Å². The van der Waals surface area contributed by atoms with Crippen LogP contribution in [-0.2, 0) is 4.74 Å². The summed E-state index contributed by atoms with van der Waals surface area (Å²) in [6, 6.07) is 0.